The fourth-order valence-corrected chi connectivity index (χ4v) is 5.12. The number of amides is 2. The van der Waals surface area contributed by atoms with Crippen LogP contribution in [-0.4, -0.2) is 43.3 Å². The third-order valence-corrected chi connectivity index (χ3v) is 7.28. The van der Waals surface area contributed by atoms with Gasteiger partial charge in [-0.15, -0.1) is 11.3 Å². The maximum atomic E-state index is 12.3. The van der Waals surface area contributed by atoms with Crippen molar-refractivity contribution in [1.29, 1.82) is 0 Å². The minimum absolute atomic E-state index is 0.0636. The van der Waals surface area contributed by atoms with E-state index in [-0.39, 0.29) is 11.4 Å². The van der Waals surface area contributed by atoms with E-state index >= 15 is 0 Å². The van der Waals surface area contributed by atoms with Crippen LogP contribution in [0.4, 0.5) is 5.13 Å². The zero-order valence-electron chi connectivity index (χ0n) is 18.5. The Labute approximate surface area is 200 Å². The second-order valence-corrected chi connectivity index (χ2v) is 10.3. The van der Waals surface area contributed by atoms with E-state index in [0.717, 1.165) is 33.4 Å². The van der Waals surface area contributed by atoms with Crippen molar-refractivity contribution in [2.24, 2.45) is 0 Å². The standard InChI is InChI=1S/C23H23N5O4S2/c1-14-7-9-16(10-8-14)34(31,32)25-12-20(29)24-11-21(30)28-23-27-19(13-33-23)22-15(2)26-18-6-4-3-5-17(18)22/h3-10,13,25-26H,11-12H2,1-2H3,(H,24,29)(H,27,28,30). The maximum absolute atomic E-state index is 12.3. The van der Waals surface area contributed by atoms with E-state index in [9.17, 15) is 18.0 Å². The van der Waals surface area contributed by atoms with Gasteiger partial charge in [-0.05, 0) is 32.0 Å². The third kappa shape index (κ3) is 5.33. The average molecular weight is 498 g/mol. The summed E-state index contributed by atoms with van der Waals surface area (Å²) in [5, 5.41) is 8.36. The van der Waals surface area contributed by atoms with E-state index in [2.05, 4.69) is 25.3 Å². The third-order valence-electron chi connectivity index (χ3n) is 5.10. The van der Waals surface area contributed by atoms with Crippen molar-refractivity contribution < 1.29 is 18.0 Å². The molecular weight excluding hydrogens is 474 g/mol. The number of aromatic amines is 1. The van der Waals surface area contributed by atoms with Crippen LogP contribution in [0.5, 0.6) is 0 Å². The minimum atomic E-state index is -3.82. The summed E-state index contributed by atoms with van der Waals surface area (Å²) in [6.45, 7) is 3.02. The van der Waals surface area contributed by atoms with Gasteiger partial charge >= 0.3 is 0 Å². The summed E-state index contributed by atoms with van der Waals surface area (Å²) < 4.78 is 26.7. The number of para-hydroxylation sites is 1. The van der Waals surface area contributed by atoms with Crippen molar-refractivity contribution in [2.45, 2.75) is 18.7 Å². The van der Waals surface area contributed by atoms with Gasteiger partial charge < -0.3 is 15.6 Å². The van der Waals surface area contributed by atoms with Gasteiger partial charge in [0.1, 0.15) is 0 Å². The lowest BCUT2D eigenvalue weighted by atomic mass is 10.1. The van der Waals surface area contributed by atoms with Gasteiger partial charge in [-0.1, -0.05) is 35.9 Å². The van der Waals surface area contributed by atoms with Crippen molar-refractivity contribution in [1.82, 2.24) is 20.0 Å². The molecule has 0 saturated heterocycles. The van der Waals surface area contributed by atoms with E-state index in [1.54, 1.807) is 12.1 Å². The average Bonchev–Trinajstić information content (AvgIpc) is 3.39. The Morgan fingerprint density at radius 1 is 1.00 bits per heavy atom. The lowest BCUT2D eigenvalue weighted by Gasteiger charge is -2.08. The fourth-order valence-electron chi connectivity index (χ4n) is 3.42. The van der Waals surface area contributed by atoms with E-state index in [0.29, 0.717) is 5.13 Å². The predicted octanol–water partition coefficient (Wildman–Crippen LogP) is 2.94. The molecule has 0 aliphatic rings. The summed E-state index contributed by atoms with van der Waals surface area (Å²) in [5.74, 6) is -1.09. The fraction of sp³-hybridized carbons (Fsp3) is 0.174. The molecule has 4 rings (SSSR count). The number of carbonyl (C=O) groups excluding carboxylic acids is 2. The van der Waals surface area contributed by atoms with Crippen LogP contribution in [0, 0.1) is 13.8 Å². The summed E-state index contributed by atoms with van der Waals surface area (Å²) in [6, 6.07) is 14.2. The molecule has 0 atom stereocenters. The van der Waals surface area contributed by atoms with Crippen LogP contribution in [0.1, 0.15) is 11.3 Å². The highest BCUT2D eigenvalue weighted by atomic mass is 32.2. The van der Waals surface area contributed by atoms with E-state index in [4.69, 9.17) is 0 Å². The van der Waals surface area contributed by atoms with Crippen molar-refractivity contribution in [3.8, 4) is 11.3 Å². The zero-order valence-corrected chi connectivity index (χ0v) is 20.1. The number of aromatic nitrogens is 2. The Bertz CT molecular complexity index is 1460. The molecule has 4 N–H and O–H groups in total. The highest BCUT2D eigenvalue weighted by Crippen LogP contribution is 2.33. The Morgan fingerprint density at radius 3 is 2.50 bits per heavy atom. The largest absolute Gasteiger partial charge is 0.358 e. The topological polar surface area (TPSA) is 133 Å². The summed E-state index contributed by atoms with van der Waals surface area (Å²) in [4.78, 5) is 32.2. The van der Waals surface area contributed by atoms with Crippen molar-refractivity contribution >= 4 is 49.2 Å². The molecule has 0 aliphatic carbocycles. The molecule has 34 heavy (non-hydrogen) atoms. The number of hydrogen-bond donors (Lipinski definition) is 4. The first-order valence-corrected chi connectivity index (χ1v) is 12.8. The van der Waals surface area contributed by atoms with Crippen LogP contribution < -0.4 is 15.4 Å². The monoisotopic (exact) mass is 497 g/mol. The Morgan fingerprint density at radius 2 is 1.74 bits per heavy atom. The molecule has 2 heterocycles. The van der Waals surface area contributed by atoms with E-state index < -0.39 is 28.4 Å². The summed E-state index contributed by atoms with van der Waals surface area (Å²) in [5.41, 5.74) is 4.62. The van der Waals surface area contributed by atoms with Gasteiger partial charge in [0.15, 0.2) is 5.13 Å². The molecule has 0 aliphatic heterocycles. The van der Waals surface area contributed by atoms with E-state index in [1.165, 1.54) is 23.5 Å². The molecular formula is C23H23N5O4S2. The number of benzene rings is 2. The molecule has 4 aromatic rings. The first kappa shape index (κ1) is 23.6. The van der Waals surface area contributed by atoms with Crippen molar-refractivity contribution in [2.75, 3.05) is 18.4 Å². The number of sulfonamides is 1. The summed E-state index contributed by atoms with van der Waals surface area (Å²) >= 11 is 1.28. The van der Waals surface area contributed by atoms with Crippen LogP contribution in [0.15, 0.2) is 58.8 Å². The molecule has 0 spiro atoms. The number of H-pyrrole nitrogens is 1. The number of hydrogen-bond acceptors (Lipinski definition) is 6. The molecule has 0 radical (unpaired) electrons. The molecule has 11 heteroatoms. The van der Waals surface area contributed by atoms with Gasteiger partial charge in [0.05, 0.1) is 23.7 Å². The number of rotatable bonds is 8. The molecule has 2 aromatic heterocycles. The van der Waals surface area contributed by atoms with Crippen LogP contribution in [0.2, 0.25) is 0 Å². The van der Waals surface area contributed by atoms with E-state index in [1.807, 2.05) is 43.5 Å². The Hall–Kier alpha value is -3.54. The molecule has 0 bridgehead atoms. The first-order chi connectivity index (χ1) is 16.2. The maximum Gasteiger partial charge on any atom is 0.245 e. The number of fused-ring (bicyclic) bond motifs is 1. The van der Waals surface area contributed by atoms with Crippen LogP contribution in [0.3, 0.4) is 0 Å². The summed E-state index contributed by atoms with van der Waals surface area (Å²) in [6.07, 6.45) is 0. The number of thiazole rings is 1. The van der Waals surface area contributed by atoms with Gasteiger partial charge in [-0.2, -0.15) is 0 Å². The molecule has 176 valence electrons. The van der Waals surface area contributed by atoms with Crippen LogP contribution >= 0.6 is 11.3 Å². The van der Waals surface area contributed by atoms with Gasteiger partial charge in [0, 0.05) is 27.5 Å². The van der Waals surface area contributed by atoms with Crippen molar-refractivity contribution in [3.05, 3.63) is 65.2 Å². The van der Waals surface area contributed by atoms with Gasteiger partial charge in [0.25, 0.3) is 0 Å². The molecule has 9 nitrogen and oxygen atoms in total. The number of carbonyl (C=O) groups is 2. The minimum Gasteiger partial charge on any atom is -0.358 e. The smallest absolute Gasteiger partial charge is 0.245 e. The van der Waals surface area contributed by atoms with Gasteiger partial charge in [-0.3, -0.25) is 9.59 Å². The number of nitrogens with zero attached hydrogens (tertiary/aromatic N) is 1. The zero-order chi connectivity index (χ0) is 24.3. The second-order valence-electron chi connectivity index (χ2n) is 7.67. The number of anilines is 1. The lowest BCUT2D eigenvalue weighted by molar-refractivity contribution is -0.123. The lowest BCUT2D eigenvalue weighted by Crippen LogP contribution is -2.40. The summed E-state index contributed by atoms with van der Waals surface area (Å²) in [7, 11) is -3.82. The van der Waals surface area contributed by atoms with Gasteiger partial charge in [-0.25, -0.2) is 18.1 Å². The molecule has 2 aromatic carbocycles. The van der Waals surface area contributed by atoms with Crippen molar-refractivity contribution in [3.63, 3.8) is 0 Å². The highest BCUT2D eigenvalue weighted by molar-refractivity contribution is 7.89. The first-order valence-electron chi connectivity index (χ1n) is 10.4. The molecule has 0 saturated carbocycles. The molecule has 2 amide bonds. The van der Waals surface area contributed by atoms with Gasteiger partial charge in [0.2, 0.25) is 21.8 Å². The van der Waals surface area contributed by atoms with Crippen LogP contribution in [-0.2, 0) is 19.6 Å². The number of aryl methyl sites for hydroxylation is 2. The quantitative estimate of drug-likeness (QED) is 0.297. The number of nitrogens with one attached hydrogen (secondary N) is 4. The second kappa shape index (κ2) is 9.75. The SMILES string of the molecule is Cc1ccc(S(=O)(=O)NCC(=O)NCC(=O)Nc2nc(-c3c(C)[nH]c4ccccc34)cs2)cc1. The molecule has 0 unspecified atom stereocenters. The highest BCUT2D eigenvalue weighted by Gasteiger charge is 2.17. The normalized spacial score (nSPS) is 11.5. The predicted molar refractivity (Wildman–Crippen MR) is 132 cm³/mol. The van der Waals surface area contributed by atoms with Crippen LogP contribution in [0.25, 0.3) is 22.2 Å². The molecule has 0 fully saturated rings. The Kier molecular flexibility index (Phi) is 6.77. The Balaban J connectivity index is 1.30.